The molecular weight excluding hydrogens is 252 g/mol. The molecule has 1 heterocycles. The summed E-state index contributed by atoms with van der Waals surface area (Å²) in [6.45, 7) is 7.56. The number of hydrogen-bond acceptors (Lipinski definition) is 4. The minimum atomic E-state index is 0.159. The number of nitrogens with zero attached hydrogens (tertiary/aromatic N) is 1. The van der Waals surface area contributed by atoms with Crippen molar-refractivity contribution in [3.8, 4) is 5.75 Å². The predicted molar refractivity (Wildman–Crippen MR) is 81.4 cm³/mol. The van der Waals surface area contributed by atoms with Crippen molar-refractivity contribution in [2.24, 2.45) is 0 Å². The van der Waals surface area contributed by atoms with Gasteiger partial charge < -0.3 is 19.7 Å². The molecule has 112 valence electrons. The minimum absolute atomic E-state index is 0.159. The topological polar surface area (TPSA) is 33.7 Å². The Morgan fingerprint density at radius 3 is 3.00 bits per heavy atom. The Kier molecular flexibility index (Phi) is 5.40. The molecule has 2 unspecified atom stereocenters. The van der Waals surface area contributed by atoms with Crippen LogP contribution in [-0.2, 0) is 4.74 Å². The predicted octanol–water partition coefficient (Wildman–Crippen LogP) is 1.98. The number of likely N-dealkylation sites (N-methyl/N-ethyl adjacent to an activating group) is 1. The van der Waals surface area contributed by atoms with E-state index >= 15 is 0 Å². The van der Waals surface area contributed by atoms with Gasteiger partial charge in [0.05, 0.1) is 6.61 Å². The van der Waals surface area contributed by atoms with Crippen LogP contribution in [-0.4, -0.2) is 51.4 Å². The van der Waals surface area contributed by atoms with Crippen LogP contribution in [0.25, 0.3) is 0 Å². The smallest absolute Gasteiger partial charge is 0.124 e. The van der Waals surface area contributed by atoms with Crippen molar-refractivity contribution in [2.75, 3.05) is 40.4 Å². The largest absolute Gasteiger partial charge is 0.490 e. The average molecular weight is 278 g/mol. The summed E-state index contributed by atoms with van der Waals surface area (Å²) in [4.78, 5) is 2.28. The van der Waals surface area contributed by atoms with Gasteiger partial charge in [-0.3, -0.25) is 0 Å². The van der Waals surface area contributed by atoms with Crippen LogP contribution in [0, 0.1) is 6.92 Å². The van der Waals surface area contributed by atoms with Crippen molar-refractivity contribution in [1.29, 1.82) is 0 Å². The first kappa shape index (κ1) is 15.3. The number of hydrogen-bond donors (Lipinski definition) is 1. The van der Waals surface area contributed by atoms with Crippen LogP contribution in [0.15, 0.2) is 18.2 Å². The van der Waals surface area contributed by atoms with Crippen molar-refractivity contribution in [3.63, 3.8) is 0 Å². The number of nitrogens with one attached hydrogen (secondary N) is 1. The van der Waals surface area contributed by atoms with E-state index in [2.05, 4.69) is 49.3 Å². The van der Waals surface area contributed by atoms with E-state index in [4.69, 9.17) is 9.47 Å². The molecule has 4 nitrogen and oxygen atoms in total. The van der Waals surface area contributed by atoms with E-state index < -0.39 is 0 Å². The third kappa shape index (κ3) is 3.95. The lowest BCUT2D eigenvalue weighted by Crippen LogP contribution is -2.42. The zero-order valence-electron chi connectivity index (χ0n) is 13.0. The quantitative estimate of drug-likeness (QED) is 0.893. The molecule has 0 aromatic heterocycles. The Bertz CT molecular complexity index is 436. The number of ether oxygens (including phenoxy) is 2. The SMILES string of the molecule is CNC(C)c1ccc(C)cc1OCC1CN(C)CCO1. The summed E-state index contributed by atoms with van der Waals surface area (Å²) >= 11 is 0. The molecule has 1 aromatic rings. The second-order valence-corrected chi connectivity index (χ2v) is 5.62. The van der Waals surface area contributed by atoms with Gasteiger partial charge in [0.1, 0.15) is 18.5 Å². The molecule has 1 saturated heterocycles. The van der Waals surface area contributed by atoms with E-state index in [1.807, 2.05) is 7.05 Å². The van der Waals surface area contributed by atoms with E-state index in [0.29, 0.717) is 6.61 Å². The fraction of sp³-hybridized carbons (Fsp3) is 0.625. The highest BCUT2D eigenvalue weighted by atomic mass is 16.5. The molecule has 20 heavy (non-hydrogen) atoms. The molecule has 1 aromatic carbocycles. The van der Waals surface area contributed by atoms with Gasteiger partial charge in [0, 0.05) is 24.7 Å². The highest BCUT2D eigenvalue weighted by molar-refractivity contribution is 5.39. The highest BCUT2D eigenvalue weighted by Crippen LogP contribution is 2.26. The lowest BCUT2D eigenvalue weighted by molar-refractivity contribution is -0.0405. The van der Waals surface area contributed by atoms with Gasteiger partial charge in [-0.25, -0.2) is 0 Å². The van der Waals surface area contributed by atoms with Crippen LogP contribution >= 0.6 is 0 Å². The fourth-order valence-corrected chi connectivity index (χ4v) is 2.43. The summed E-state index contributed by atoms with van der Waals surface area (Å²) < 4.78 is 11.8. The van der Waals surface area contributed by atoms with E-state index in [-0.39, 0.29) is 12.1 Å². The lowest BCUT2D eigenvalue weighted by Gasteiger charge is -2.30. The molecule has 2 atom stereocenters. The van der Waals surface area contributed by atoms with Gasteiger partial charge in [-0.2, -0.15) is 0 Å². The Labute approximate surface area is 122 Å². The van der Waals surface area contributed by atoms with Crippen molar-refractivity contribution < 1.29 is 9.47 Å². The van der Waals surface area contributed by atoms with Crippen molar-refractivity contribution >= 4 is 0 Å². The van der Waals surface area contributed by atoms with E-state index in [1.165, 1.54) is 11.1 Å². The molecule has 1 aliphatic rings. The molecular formula is C16H26N2O2. The molecule has 0 aliphatic carbocycles. The number of rotatable bonds is 5. The summed E-state index contributed by atoms with van der Waals surface area (Å²) in [7, 11) is 4.09. The maximum absolute atomic E-state index is 6.04. The van der Waals surface area contributed by atoms with Gasteiger partial charge in [-0.05, 0) is 39.6 Å². The second-order valence-electron chi connectivity index (χ2n) is 5.62. The van der Waals surface area contributed by atoms with Crippen LogP contribution in [0.1, 0.15) is 24.1 Å². The van der Waals surface area contributed by atoms with Gasteiger partial charge in [0.15, 0.2) is 0 Å². The van der Waals surface area contributed by atoms with Crippen molar-refractivity contribution in [2.45, 2.75) is 26.0 Å². The maximum Gasteiger partial charge on any atom is 0.124 e. The van der Waals surface area contributed by atoms with Gasteiger partial charge >= 0.3 is 0 Å². The Hall–Kier alpha value is -1.10. The van der Waals surface area contributed by atoms with Gasteiger partial charge in [-0.1, -0.05) is 12.1 Å². The molecule has 1 N–H and O–H groups in total. The summed E-state index contributed by atoms with van der Waals surface area (Å²) in [6.07, 6.45) is 0.159. The standard InChI is InChI=1S/C16H26N2O2/c1-12-5-6-15(13(2)17-3)16(9-12)20-11-14-10-18(4)7-8-19-14/h5-6,9,13-14,17H,7-8,10-11H2,1-4H3. The van der Waals surface area contributed by atoms with Crippen LogP contribution < -0.4 is 10.1 Å². The summed E-state index contributed by atoms with van der Waals surface area (Å²) in [5.41, 5.74) is 2.41. The molecule has 4 heteroatoms. The first-order valence-corrected chi connectivity index (χ1v) is 7.31. The van der Waals surface area contributed by atoms with Gasteiger partial charge in [-0.15, -0.1) is 0 Å². The third-order valence-electron chi connectivity index (χ3n) is 3.84. The first-order chi connectivity index (χ1) is 9.60. The Balaban J connectivity index is 2.02. The zero-order chi connectivity index (χ0) is 14.5. The lowest BCUT2D eigenvalue weighted by atomic mass is 10.1. The van der Waals surface area contributed by atoms with Crippen LogP contribution in [0.3, 0.4) is 0 Å². The number of aryl methyl sites for hydroxylation is 1. The van der Waals surface area contributed by atoms with E-state index in [0.717, 1.165) is 25.4 Å². The minimum Gasteiger partial charge on any atom is -0.490 e. The van der Waals surface area contributed by atoms with E-state index in [1.54, 1.807) is 0 Å². The third-order valence-corrected chi connectivity index (χ3v) is 3.84. The summed E-state index contributed by atoms with van der Waals surface area (Å²) in [6, 6.07) is 6.65. The number of benzene rings is 1. The molecule has 0 spiro atoms. The molecule has 0 amide bonds. The summed E-state index contributed by atoms with van der Waals surface area (Å²) in [5.74, 6) is 0.962. The molecule has 0 bridgehead atoms. The monoisotopic (exact) mass is 278 g/mol. The first-order valence-electron chi connectivity index (χ1n) is 7.31. The zero-order valence-corrected chi connectivity index (χ0v) is 13.0. The molecule has 0 saturated carbocycles. The van der Waals surface area contributed by atoms with Gasteiger partial charge in [0.2, 0.25) is 0 Å². The second kappa shape index (κ2) is 7.07. The maximum atomic E-state index is 6.04. The summed E-state index contributed by atoms with van der Waals surface area (Å²) in [5, 5.41) is 3.27. The molecule has 0 radical (unpaired) electrons. The Morgan fingerprint density at radius 1 is 1.50 bits per heavy atom. The molecule has 1 aliphatic heterocycles. The van der Waals surface area contributed by atoms with Gasteiger partial charge in [0.25, 0.3) is 0 Å². The van der Waals surface area contributed by atoms with Crippen LogP contribution in [0.4, 0.5) is 0 Å². The average Bonchev–Trinajstić information content (AvgIpc) is 2.44. The fourth-order valence-electron chi connectivity index (χ4n) is 2.43. The van der Waals surface area contributed by atoms with Crippen LogP contribution in [0.2, 0.25) is 0 Å². The molecule has 2 rings (SSSR count). The molecule has 1 fully saturated rings. The normalized spacial score (nSPS) is 21.7. The highest BCUT2D eigenvalue weighted by Gasteiger charge is 2.19. The van der Waals surface area contributed by atoms with Crippen molar-refractivity contribution in [1.82, 2.24) is 10.2 Å². The van der Waals surface area contributed by atoms with E-state index in [9.17, 15) is 0 Å². The number of morpholine rings is 1. The van der Waals surface area contributed by atoms with Crippen LogP contribution in [0.5, 0.6) is 5.75 Å². The van der Waals surface area contributed by atoms with Crippen molar-refractivity contribution in [3.05, 3.63) is 29.3 Å². The Morgan fingerprint density at radius 2 is 2.30 bits per heavy atom.